The van der Waals surface area contributed by atoms with Crippen molar-refractivity contribution in [3.8, 4) is 0 Å². The second-order valence-corrected chi connectivity index (χ2v) is 5.88. The lowest BCUT2D eigenvalue weighted by atomic mass is 10.1. The van der Waals surface area contributed by atoms with E-state index in [1.165, 1.54) is 68.3 Å². The molecule has 116 valence electrons. The van der Waals surface area contributed by atoms with Crippen LogP contribution in [0.15, 0.2) is 0 Å². The standard InChI is InChI=1S/C17H33N3/c1-5-6-7-8-9-10-11-12-13-20-16(3)17(14-18-4)15(2)19-20/h18H,5-14H2,1-4H3. The number of hydrogen-bond donors (Lipinski definition) is 1. The summed E-state index contributed by atoms with van der Waals surface area (Å²) in [5.41, 5.74) is 3.88. The maximum Gasteiger partial charge on any atom is 0.0641 e. The Balaban J connectivity index is 2.20. The van der Waals surface area contributed by atoms with Crippen LogP contribution in [0.5, 0.6) is 0 Å². The number of unbranched alkanes of at least 4 members (excludes halogenated alkanes) is 7. The molecule has 3 nitrogen and oxygen atoms in total. The number of rotatable bonds is 11. The van der Waals surface area contributed by atoms with Crippen LogP contribution in [0.4, 0.5) is 0 Å². The fourth-order valence-corrected chi connectivity index (χ4v) is 2.78. The summed E-state index contributed by atoms with van der Waals surface area (Å²) >= 11 is 0. The number of aryl methyl sites for hydroxylation is 2. The SMILES string of the molecule is CCCCCCCCCCn1nc(C)c(CNC)c1C. The van der Waals surface area contributed by atoms with Crippen molar-refractivity contribution in [2.75, 3.05) is 7.05 Å². The normalized spacial score (nSPS) is 11.2. The van der Waals surface area contributed by atoms with E-state index in [0.29, 0.717) is 0 Å². The lowest BCUT2D eigenvalue weighted by Crippen LogP contribution is -2.08. The van der Waals surface area contributed by atoms with Gasteiger partial charge in [-0.2, -0.15) is 5.10 Å². The maximum atomic E-state index is 4.66. The summed E-state index contributed by atoms with van der Waals surface area (Å²) in [6.07, 6.45) is 11.0. The molecule has 0 radical (unpaired) electrons. The third-order valence-corrected chi connectivity index (χ3v) is 4.11. The van der Waals surface area contributed by atoms with Gasteiger partial charge in [0.15, 0.2) is 0 Å². The zero-order valence-electron chi connectivity index (χ0n) is 14.0. The Morgan fingerprint density at radius 1 is 0.950 bits per heavy atom. The zero-order chi connectivity index (χ0) is 14.8. The summed E-state index contributed by atoms with van der Waals surface area (Å²) < 4.78 is 2.19. The first-order chi connectivity index (χ1) is 9.70. The molecular formula is C17H33N3. The van der Waals surface area contributed by atoms with Gasteiger partial charge in [0.1, 0.15) is 0 Å². The molecule has 1 aromatic heterocycles. The third-order valence-electron chi connectivity index (χ3n) is 4.11. The Kier molecular flexibility index (Phi) is 8.59. The highest BCUT2D eigenvalue weighted by Crippen LogP contribution is 2.14. The molecule has 0 aliphatic heterocycles. The van der Waals surface area contributed by atoms with Gasteiger partial charge in [-0.25, -0.2) is 0 Å². The average Bonchev–Trinajstić information content (AvgIpc) is 2.70. The van der Waals surface area contributed by atoms with E-state index >= 15 is 0 Å². The van der Waals surface area contributed by atoms with Gasteiger partial charge >= 0.3 is 0 Å². The Labute approximate surface area is 125 Å². The number of nitrogens with zero attached hydrogens (tertiary/aromatic N) is 2. The molecule has 1 rings (SSSR count). The van der Waals surface area contributed by atoms with E-state index in [4.69, 9.17) is 0 Å². The van der Waals surface area contributed by atoms with E-state index in [0.717, 1.165) is 13.1 Å². The van der Waals surface area contributed by atoms with Crippen molar-refractivity contribution in [1.82, 2.24) is 15.1 Å². The first-order valence-electron chi connectivity index (χ1n) is 8.38. The van der Waals surface area contributed by atoms with Crippen LogP contribution in [0.3, 0.4) is 0 Å². The molecule has 0 aromatic carbocycles. The number of aromatic nitrogens is 2. The number of hydrogen-bond acceptors (Lipinski definition) is 2. The second kappa shape index (κ2) is 9.98. The van der Waals surface area contributed by atoms with Crippen molar-refractivity contribution in [2.24, 2.45) is 0 Å². The highest BCUT2D eigenvalue weighted by atomic mass is 15.3. The third kappa shape index (κ3) is 5.66. The van der Waals surface area contributed by atoms with Gasteiger partial charge in [0.05, 0.1) is 5.69 Å². The molecule has 0 spiro atoms. The zero-order valence-corrected chi connectivity index (χ0v) is 14.0. The highest BCUT2D eigenvalue weighted by molar-refractivity contribution is 5.24. The van der Waals surface area contributed by atoms with Crippen LogP contribution in [0.2, 0.25) is 0 Å². The van der Waals surface area contributed by atoms with Gasteiger partial charge in [0, 0.05) is 24.3 Å². The summed E-state index contributed by atoms with van der Waals surface area (Å²) in [7, 11) is 1.99. The molecule has 0 saturated carbocycles. The Hall–Kier alpha value is -0.830. The summed E-state index contributed by atoms with van der Waals surface area (Å²) in [6.45, 7) is 8.58. The largest absolute Gasteiger partial charge is 0.316 e. The van der Waals surface area contributed by atoms with Crippen LogP contribution in [-0.2, 0) is 13.1 Å². The van der Waals surface area contributed by atoms with E-state index in [1.807, 2.05) is 7.05 Å². The summed E-state index contributed by atoms with van der Waals surface area (Å²) in [5.74, 6) is 0. The molecule has 20 heavy (non-hydrogen) atoms. The smallest absolute Gasteiger partial charge is 0.0641 e. The molecule has 0 aliphatic carbocycles. The molecule has 0 fully saturated rings. The Morgan fingerprint density at radius 3 is 2.15 bits per heavy atom. The van der Waals surface area contributed by atoms with Crippen molar-refractivity contribution in [2.45, 2.75) is 85.2 Å². The van der Waals surface area contributed by atoms with Crippen LogP contribution >= 0.6 is 0 Å². The molecule has 1 heterocycles. The molecule has 3 heteroatoms. The molecule has 0 saturated heterocycles. The van der Waals surface area contributed by atoms with Gasteiger partial charge in [-0.05, 0) is 27.3 Å². The van der Waals surface area contributed by atoms with Crippen LogP contribution < -0.4 is 5.32 Å². The van der Waals surface area contributed by atoms with Crippen LogP contribution in [0, 0.1) is 13.8 Å². The van der Waals surface area contributed by atoms with E-state index in [1.54, 1.807) is 0 Å². The molecule has 0 atom stereocenters. The Bertz CT molecular complexity index is 369. The predicted octanol–water partition coefficient (Wildman–Crippen LogP) is 4.36. The monoisotopic (exact) mass is 279 g/mol. The number of nitrogens with one attached hydrogen (secondary N) is 1. The van der Waals surface area contributed by atoms with Crippen molar-refractivity contribution in [1.29, 1.82) is 0 Å². The fraction of sp³-hybridized carbons (Fsp3) is 0.824. The van der Waals surface area contributed by atoms with Crippen LogP contribution in [0.1, 0.15) is 75.2 Å². The molecule has 1 N–H and O–H groups in total. The molecule has 0 amide bonds. The van der Waals surface area contributed by atoms with Gasteiger partial charge in [0.25, 0.3) is 0 Å². The lowest BCUT2D eigenvalue weighted by molar-refractivity contribution is 0.511. The van der Waals surface area contributed by atoms with E-state index in [9.17, 15) is 0 Å². The Morgan fingerprint density at radius 2 is 1.55 bits per heavy atom. The molecule has 0 bridgehead atoms. The van der Waals surface area contributed by atoms with Gasteiger partial charge in [0.2, 0.25) is 0 Å². The lowest BCUT2D eigenvalue weighted by Gasteiger charge is -2.06. The van der Waals surface area contributed by atoms with E-state index in [2.05, 4.69) is 35.9 Å². The topological polar surface area (TPSA) is 29.9 Å². The van der Waals surface area contributed by atoms with Gasteiger partial charge in [-0.3, -0.25) is 4.68 Å². The van der Waals surface area contributed by atoms with E-state index in [-0.39, 0.29) is 0 Å². The van der Waals surface area contributed by atoms with Gasteiger partial charge < -0.3 is 5.32 Å². The quantitative estimate of drug-likeness (QED) is 0.610. The first-order valence-corrected chi connectivity index (χ1v) is 8.38. The van der Waals surface area contributed by atoms with E-state index < -0.39 is 0 Å². The summed E-state index contributed by atoms with van der Waals surface area (Å²) in [6, 6.07) is 0. The molecule has 1 aromatic rings. The minimum Gasteiger partial charge on any atom is -0.316 e. The van der Waals surface area contributed by atoms with Crippen molar-refractivity contribution >= 4 is 0 Å². The van der Waals surface area contributed by atoms with Gasteiger partial charge in [-0.15, -0.1) is 0 Å². The second-order valence-electron chi connectivity index (χ2n) is 5.88. The molecular weight excluding hydrogens is 246 g/mol. The van der Waals surface area contributed by atoms with Crippen molar-refractivity contribution in [3.05, 3.63) is 17.0 Å². The van der Waals surface area contributed by atoms with Crippen molar-refractivity contribution < 1.29 is 0 Å². The van der Waals surface area contributed by atoms with Crippen molar-refractivity contribution in [3.63, 3.8) is 0 Å². The maximum absolute atomic E-state index is 4.66. The summed E-state index contributed by atoms with van der Waals surface area (Å²) in [5, 5.41) is 7.89. The highest BCUT2D eigenvalue weighted by Gasteiger charge is 2.09. The molecule has 0 aliphatic rings. The predicted molar refractivity (Wildman–Crippen MR) is 87.1 cm³/mol. The fourth-order valence-electron chi connectivity index (χ4n) is 2.78. The average molecular weight is 279 g/mol. The van der Waals surface area contributed by atoms with Crippen LogP contribution in [-0.4, -0.2) is 16.8 Å². The molecule has 0 unspecified atom stereocenters. The summed E-state index contributed by atoms with van der Waals surface area (Å²) in [4.78, 5) is 0. The van der Waals surface area contributed by atoms with Gasteiger partial charge in [-0.1, -0.05) is 51.9 Å². The minimum atomic E-state index is 0.926. The minimum absolute atomic E-state index is 0.926. The van der Waals surface area contributed by atoms with Crippen LogP contribution in [0.25, 0.3) is 0 Å². The first kappa shape index (κ1) is 17.2.